The lowest BCUT2D eigenvalue weighted by Crippen LogP contribution is -2.52. The molecular weight excluding hydrogens is 354 g/mol. The number of hydrogen-bond donors (Lipinski definition) is 1. The number of piperazine rings is 1. The van der Waals surface area contributed by atoms with Gasteiger partial charge in [0.1, 0.15) is 0 Å². The molecule has 0 unspecified atom stereocenters. The molecule has 2 aromatic rings. The Morgan fingerprint density at radius 2 is 1.72 bits per heavy atom. The normalized spacial score (nSPS) is 18.9. The van der Waals surface area contributed by atoms with Gasteiger partial charge in [0, 0.05) is 42.8 Å². The van der Waals surface area contributed by atoms with Crippen LogP contribution in [0.1, 0.15) is 17.8 Å². The third kappa shape index (κ3) is 4.82. The molecular formula is C18H25N3O2S2. The minimum atomic E-state index is -3.23. The lowest BCUT2D eigenvalue weighted by atomic mass is 10.1. The molecule has 7 heteroatoms. The summed E-state index contributed by atoms with van der Waals surface area (Å²) in [6, 6.07) is 14.5. The number of para-hydroxylation sites is 1. The van der Waals surface area contributed by atoms with Crippen molar-refractivity contribution in [1.82, 2.24) is 9.62 Å². The van der Waals surface area contributed by atoms with Crippen molar-refractivity contribution in [3.8, 4) is 0 Å². The third-order valence-electron chi connectivity index (χ3n) is 4.54. The van der Waals surface area contributed by atoms with Crippen molar-refractivity contribution in [2.24, 2.45) is 0 Å². The predicted octanol–water partition coefficient (Wildman–Crippen LogP) is 2.55. The van der Waals surface area contributed by atoms with Crippen LogP contribution >= 0.6 is 11.3 Å². The Labute approximate surface area is 154 Å². The van der Waals surface area contributed by atoms with Crippen molar-refractivity contribution in [3.63, 3.8) is 0 Å². The highest BCUT2D eigenvalue weighted by atomic mass is 32.2. The summed E-state index contributed by atoms with van der Waals surface area (Å²) in [7, 11) is -3.23. The molecule has 136 valence electrons. The van der Waals surface area contributed by atoms with Gasteiger partial charge in [0.2, 0.25) is 10.0 Å². The second-order valence-electron chi connectivity index (χ2n) is 6.50. The first kappa shape index (κ1) is 18.4. The minimum Gasteiger partial charge on any atom is -0.369 e. The van der Waals surface area contributed by atoms with E-state index in [1.807, 2.05) is 19.1 Å². The second kappa shape index (κ2) is 7.86. The molecule has 0 saturated carbocycles. The molecule has 5 nitrogen and oxygen atoms in total. The third-order valence-corrected chi connectivity index (χ3v) is 6.28. The molecule has 1 saturated heterocycles. The number of anilines is 1. The number of nitrogens with one attached hydrogen (secondary N) is 1. The van der Waals surface area contributed by atoms with E-state index in [9.17, 15) is 8.42 Å². The number of rotatable bonds is 6. The van der Waals surface area contributed by atoms with Crippen LogP contribution in [0.5, 0.6) is 0 Å². The summed E-state index contributed by atoms with van der Waals surface area (Å²) in [6.07, 6.45) is 1.22. The fourth-order valence-electron chi connectivity index (χ4n) is 3.50. The Kier molecular flexibility index (Phi) is 5.78. The van der Waals surface area contributed by atoms with Crippen LogP contribution in [-0.2, 0) is 10.0 Å². The van der Waals surface area contributed by atoms with E-state index in [2.05, 4.69) is 50.2 Å². The molecule has 1 aromatic heterocycles. The van der Waals surface area contributed by atoms with Crippen LogP contribution in [0.25, 0.3) is 0 Å². The smallest absolute Gasteiger partial charge is 0.209 e. The van der Waals surface area contributed by atoms with E-state index in [4.69, 9.17) is 0 Å². The molecule has 2 heterocycles. The van der Waals surface area contributed by atoms with Crippen molar-refractivity contribution in [2.75, 3.05) is 37.3 Å². The van der Waals surface area contributed by atoms with Crippen molar-refractivity contribution < 1.29 is 8.42 Å². The van der Waals surface area contributed by atoms with Gasteiger partial charge in [-0.05, 0) is 30.5 Å². The van der Waals surface area contributed by atoms with E-state index in [1.165, 1.54) is 16.8 Å². The van der Waals surface area contributed by atoms with E-state index in [1.54, 1.807) is 11.3 Å². The number of nitrogens with zero attached hydrogens (tertiary/aromatic N) is 2. The van der Waals surface area contributed by atoms with Crippen LogP contribution in [0.15, 0.2) is 47.8 Å². The summed E-state index contributed by atoms with van der Waals surface area (Å²) in [5.74, 6) is 0. The second-order valence-corrected chi connectivity index (χ2v) is 9.26. The number of thiophene rings is 1. The standard InChI is InChI=1S/C18H25N3O2S2/c1-15(19-25(2,22)23)18(17-9-6-14-24-17)21-12-10-20(11-13-21)16-7-4-3-5-8-16/h3-9,14-15,18-19H,10-13H2,1-2H3/t15-,18-/m1/s1. The fraction of sp³-hybridized carbons (Fsp3) is 0.444. The van der Waals surface area contributed by atoms with Crippen molar-refractivity contribution in [3.05, 3.63) is 52.7 Å². The predicted molar refractivity (Wildman–Crippen MR) is 105 cm³/mol. The zero-order valence-electron chi connectivity index (χ0n) is 14.6. The summed E-state index contributed by atoms with van der Waals surface area (Å²) in [6.45, 7) is 5.66. The van der Waals surface area contributed by atoms with E-state index in [0.717, 1.165) is 26.2 Å². The molecule has 0 radical (unpaired) electrons. The van der Waals surface area contributed by atoms with Crippen LogP contribution in [0.2, 0.25) is 0 Å². The van der Waals surface area contributed by atoms with Gasteiger partial charge in [-0.25, -0.2) is 13.1 Å². The highest BCUT2D eigenvalue weighted by Crippen LogP contribution is 2.30. The molecule has 0 bridgehead atoms. The molecule has 0 amide bonds. The zero-order chi connectivity index (χ0) is 17.9. The van der Waals surface area contributed by atoms with Gasteiger partial charge in [0.15, 0.2) is 0 Å². The van der Waals surface area contributed by atoms with Crippen molar-refractivity contribution >= 4 is 27.0 Å². The summed E-state index contributed by atoms with van der Waals surface area (Å²) in [5, 5.41) is 2.05. The Hall–Kier alpha value is -1.41. The van der Waals surface area contributed by atoms with Crippen molar-refractivity contribution in [2.45, 2.75) is 19.0 Å². The average molecular weight is 380 g/mol. The monoisotopic (exact) mass is 379 g/mol. The Morgan fingerprint density at radius 3 is 2.28 bits per heavy atom. The van der Waals surface area contributed by atoms with Crippen LogP contribution in [0.3, 0.4) is 0 Å². The quantitative estimate of drug-likeness (QED) is 0.838. The van der Waals surface area contributed by atoms with Crippen LogP contribution in [0, 0.1) is 0 Å². The Morgan fingerprint density at radius 1 is 1.04 bits per heavy atom. The van der Waals surface area contributed by atoms with Crippen LogP contribution in [0.4, 0.5) is 5.69 Å². The van der Waals surface area contributed by atoms with Crippen LogP contribution in [-0.4, -0.2) is 51.8 Å². The first-order valence-corrected chi connectivity index (χ1v) is 11.3. The van der Waals surface area contributed by atoms with E-state index in [0.29, 0.717) is 0 Å². The van der Waals surface area contributed by atoms with Gasteiger partial charge in [0.05, 0.1) is 12.3 Å². The maximum atomic E-state index is 11.7. The molecule has 1 aliphatic heterocycles. The minimum absolute atomic E-state index is 0.0626. The zero-order valence-corrected chi connectivity index (χ0v) is 16.3. The van der Waals surface area contributed by atoms with Gasteiger partial charge < -0.3 is 4.90 Å². The highest BCUT2D eigenvalue weighted by Gasteiger charge is 2.31. The molecule has 0 aliphatic carbocycles. The van der Waals surface area contributed by atoms with Crippen molar-refractivity contribution in [1.29, 1.82) is 0 Å². The fourth-order valence-corrected chi connectivity index (χ4v) is 5.27. The first-order chi connectivity index (χ1) is 11.9. The van der Waals surface area contributed by atoms with E-state index < -0.39 is 10.0 Å². The molecule has 1 fully saturated rings. The molecule has 0 spiro atoms. The van der Waals surface area contributed by atoms with E-state index >= 15 is 0 Å². The Balaban J connectivity index is 1.72. The molecule has 1 aromatic carbocycles. The van der Waals surface area contributed by atoms with Gasteiger partial charge in [-0.15, -0.1) is 11.3 Å². The number of hydrogen-bond acceptors (Lipinski definition) is 5. The summed E-state index contributed by atoms with van der Waals surface area (Å²) < 4.78 is 26.2. The van der Waals surface area contributed by atoms with Gasteiger partial charge in [-0.3, -0.25) is 4.90 Å². The van der Waals surface area contributed by atoms with E-state index in [-0.39, 0.29) is 12.1 Å². The molecule has 3 rings (SSSR count). The van der Waals surface area contributed by atoms with Gasteiger partial charge in [-0.1, -0.05) is 24.3 Å². The first-order valence-electron chi connectivity index (χ1n) is 8.49. The Bertz CT molecular complexity index is 755. The van der Waals surface area contributed by atoms with Gasteiger partial charge >= 0.3 is 0 Å². The van der Waals surface area contributed by atoms with Crippen LogP contribution < -0.4 is 9.62 Å². The lowest BCUT2D eigenvalue weighted by molar-refractivity contribution is 0.164. The summed E-state index contributed by atoms with van der Waals surface area (Å²) >= 11 is 1.69. The molecule has 25 heavy (non-hydrogen) atoms. The number of benzene rings is 1. The lowest BCUT2D eigenvalue weighted by Gasteiger charge is -2.42. The molecule has 1 N–H and O–H groups in total. The maximum Gasteiger partial charge on any atom is 0.209 e. The topological polar surface area (TPSA) is 52.7 Å². The number of sulfonamides is 1. The SMILES string of the molecule is C[C@@H](NS(C)(=O)=O)[C@H](c1cccs1)N1CCN(c2ccccc2)CC1. The average Bonchev–Trinajstić information content (AvgIpc) is 3.09. The summed E-state index contributed by atoms with van der Waals surface area (Å²) in [5.41, 5.74) is 1.25. The largest absolute Gasteiger partial charge is 0.369 e. The molecule has 1 aliphatic rings. The molecule has 2 atom stereocenters. The highest BCUT2D eigenvalue weighted by molar-refractivity contribution is 7.88. The van der Waals surface area contributed by atoms with Gasteiger partial charge in [0.25, 0.3) is 0 Å². The maximum absolute atomic E-state index is 11.7. The summed E-state index contributed by atoms with van der Waals surface area (Å²) in [4.78, 5) is 5.99. The van der Waals surface area contributed by atoms with Gasteiger partial charge in [-0.2, -0.15) is 0 Å².